The van der Waals surface area contributed by atoms with E-state index in [2.05, 4.69) is 17.9 Å². The average Bonchev–Trinajstić information content (AvgIpc) is 2.02. The Balaban J connectivity index is 0. The molecule has 0 unspecified atom stereocenters. The second kappa shape index (κ2) is 11.9. The fourth-order valence-corrected chi connectivity index (χ4v) is 0.389. The number of hydrogen-bond acceptors (Lipinski definition) is 3. The maximum Gasteiger partial charge on any atom is 0.302 e. The van der Waals surface area contributed by atoms with Gasteiger partial charge in [0.25, 0.3) is 0 Å². The summed E-state index contributed by atoms with van der Waals surface area (Å²) in [5.74, 6) is -0.255. The van der Waals surface area contributed by atoms with Gasteiger partial charge in [0.05, 0.1) is 6.61 Å². The Morgan fingerprint density at radius 1 is 1.36 bits per heavy atom. The van der Waals surface area contributed by atoms with Crippen LogP contribution in [0.2, 0.25) is 0 Å². The van der Waals surface area contributed by atoms with Crippen LogP contribution in [0.4, 0.5) is 0 Å². The minimum absolute atomic E-state index is 0.255. The van der Waals surface area contributed by atoms with Crippen LogP contribution in [0.3, 0.4) is 0 Å². The largest absolute Gasteiger partial charge is 0.463 e. The molecule has 66 valence electrons. The van der Waals surface area contributed by atoms with Crippen molar-refractivity contribution in [3.63, 3.8) is 0 Å². The quantitative estimate of drug-likeness (QED) is 0.354. The van der Waals surface area contributed by atoms with Crippen molar-refractivity contribution in [1.82, 2.24) is 0 Å². The van der Waals surface area contributed by atoms with E-state index in [0.717, 1.165) is 0 Å². The Kier molecular flexibility index (Phi) is 13.9. The first-order valence-corrected chi connectivity index (χ1v) is 3.48. The highest BCUT2D eigenvalue weighted by Crippen LogP contribution is 1.77. The van der Waals surface area contributed by atoms with Gasteiger partial charge in [0.15, 0.2) is 0 Å². The smallest absolute Gasteiger partial charge is 0.302 e. The van der Waals surface area contributed by atoms with Crippen LogP contribution in [-0.4, -0.2) is 25.8 Å². The van der Waals surface area contributed by atoms with Gasteiger partial charge in [0, 0.05) is 13.5 Å². The van der Waals surface area contributed by atoms with Crippen molar-refractivity contribution in [2.45, 2.75) is 13.8 Å². The topological polar surface area (TPSA) is 35.5 Å². The average molecular weight is 160 g/mol. The van der Waals surface area contributed by atoms with E-state index in [1.165, 1.54) is 6.92 Å². The van der Waals surface area contributed by atoms with E-state index in [1.54, 1.807) is 0 Å². The highest BCUT2D eigenvalue weighted by Gasteiger charge is 1.89. The van der Waals surface area contributed by atoms with Gasteiger partial charge >= 0.3 is 5.97 Å². The molecule has 0 N–H and O–H groups in total. The molecule has 0 atom stereocenters. The predicted molar refractivity (Wildman–Crippen MR) is 44.4 cm³/mol. The molecule has 0 aromatic carbocycles. The SMILES string of the molecule is C=C.CCOCCOC(C)=O. The zero-order chi connectivity index (χ0) is 9.11. The molecule has 0 rings (SSSR count). The van der Waals surface area contributed by atoms with E-state index >= 15 is 0 Å². The lowest BCUT2D eigenvalue weighted by Gasteiger charge is -1.99. The van der Waals surface area contributed by atoms with Gasteiger partial charge in [-0.15, -0.1) is 13.2 Å². The fourth-order valence-electron chi connectivity index (χ4n) is 0.389. The van der Waals surface area contributed by atoms with Crippen molar-refractivity contribution in [3.05, 3.63) is 13.2 Å². The van der Waals surface area contributed by atoms with Gasteiger partial charge in [0.1, 0.15) is 6.61 Å². The number of carbonyl (C=O) groups is 1. The zero-order valence-electron chi connectivity index (χ0n) is 7.26. The van der Waals surface area contributed by atoms with E-state index in [1.807, 2.05) is 6.92 Å². The lowest BCUT2D eigenvalue weighted by Crippen LogP contribution is -2.06. The lowest BCUT2D eigenvalue weighted by molar-refractivity contribution is -0.142. The van der Waals surface area contributed by atoms with Gasteiger partial charge in [-0.3, -0.25) is 4.79 Å². The molecule has 0 saturated heterocycles. The lowest BCUT2D eigenvalue weighted by atomic mass is 10.7. The molecule has 0 radical (unpaired) electrons. The summed E-state index contributed by atoms with van der Waals surface area (Å²) in [6.45, 7) is 10.8. The monoisotopic (exact) mass is 160 g/mol. The third-order valence-corrected chi connectivity index (χ3v) is 0.737. The Morgan fingerprint density at radius 3 is 2.27 bits per heavy atom. The molecule has 0 bridgehead atoms. The molecule has 0 spiro atoms. The molecule has 0 amide bonds. The van der Waals surface area contributed by atoms with Gasteiger partial charge in [-0.05, 0) is 6.92 Å². The fraction of sp³-hybridized carbons (Fsp3) is 0.625. The standard InChI is InChI=1S/C6H12O3.C2H4/c1-3-8-4-5-9-6(2)7;1-2/h3-5H2,1-2H3;1-2H2. The van der Waals surface area contributed by atoms with Crippen LogP contribution in [-0.2, 0) is 14.3 Å². The summed E-state index contributed by atoms with van der Waals surface area (Å²) in [7, 11) is 0. The number of hydrogen-bond donors (Lipinski definition) is 0. The van der Waals surface area contributed by atoms with Crippen LogP contribution in [0.25, 0.3) is 0 Å². The second-order valence-electron chi connectivity index (χ2n) is 1.54. The number of esters is 1. The van der Waals surface area contributed by atoms with Crippen molar-refractivity contribution in [2.24, 2.45) is 0 Å². The van der Waals surface area contributed by atoms with Gasteiger partial charge in [-0.25, -0.2) is 0 Å². The summed E-state index contributed by atoms with van der Waals surface area (Å²) in [4.78, 5) is 10.1. The maximum atomic E-state index is 10.1. The summed E-state index contributed by atoms with van der Waals surface area (Å²) >= 11 is 0. The van der Waals surface area contributed by atoms with Crippen LogP contribution in [0.15, 0.2) is 13.2 Å². The van der Waals surface area contributed by atoms with E-state index in [0.29, 0.717) is 19.8 Å². The Labute approximate surface area is 68.0 Å². The first kappa shape index (κ1) is 12.8. The third kappa shape index (κ3) is 17.6. The molecule has 0 saturated carbocycles. The van der Waals surface area contributed by atoms with Crippen molar-refractivity contribution >= 4 is 5.97 Å². The molecule has 0 aliphatic carbocycles. The molecule has 0 aromatic heterocycles. The first-order chi connectivity index (χ1) is 5.27. The van der Waals surface area contributed by atoms with Crippen molar-refractivity contribution < 1.29 is 14.3 Å². The summed E-state index contributed by atoms with van der Waals surface area (Å²) in [6, 6.07) is 0. The van der Waals surface area contributed by atoms with Crippen LogP contribution >= 0.6 is 0 Å². The molecular formula is C8H16O3. The Hall–Kier alpha value is -0.830. The zero-order valence-corrected chi connectivity index (χ0v) is 7.26. The number of ether oxygens (including phenoxy) is 2. The molecule has 0 aromatic rings. The first-order valence-electron chi connectivity index (χ1n) is 3.48. The van der Waals surface area contributed by atoms with Crippen LogP contribution in [0, 0.1) is 0 Å². The highest BCUT2D eigenvalue weighted by atomic mass is 16.6. The van der Waals surface area contributed by atoms with Gasteiger partial charge in [-0.2, -0.15) is 0 Å². The molecule has 3 nitrogen and oxygen atoms in total. The van der Waals surface area contributed by atoms with Crippen molar-refractivity contribution in [2.75, 3.05) is 19.8 Å². The Morgan fingerprint density at radius 2 is 1.91 bits per heavy atom. The molecule has 11 heavy (non-hydrogen) atoms. The van der Waals surface area contributed by atoms with E-state index in [4.69, 9.17) is 4.74 Å². The summed E-state index contributed by atoms with van der Waals surface area (Å²) < 4.78 is 9.49. The minimum atomic E-state index is -0.255. The Bertz CT molecular complexity index is 91.3. The van der Waals surface area contributed by atoms with E-state index in [-0.39, 0.29) is 5.97 Å². The normalized spacial score (nSPS) is 7.82. The van der Waals surface area contributed by atoms with Gasteiger partial charge in [-0.1, -0.05) is 0 Å². The second-order valence-corrected chi connectivity index (χ2v) is 1.54. The molecule has 0 aliphatic rings. The van der Waals surface area contributed by atoms with E-state index in [9.17, 15) is 4.79 Å². The number of rotatable bonds is 4. The minimum Gasteiger partial charge on any atom is -0.463 e. The highest BCUT2D eigenvalue weighted by molar-refractivity contribution is 5.65. The van der Waals surface area contributed by atoms with Gasteiger partial charge < -0.3 is 9.47 Å². The predicted octanol–water partition coefficient (Wildman–Crippen LogP) is 1.39. The van der Waals surface area contributed by atoms with Crippen molar-refractivity contribution in [3.8, 4) is 0 Å². The summed E-state index contributed by atoms with van der Waals surface area (Å²) in [6.07, 6.45) is 0. The van der Waals surface area contributed by atoms with Crippen molar-refractivity contribution in [1.29, 1.82) is 0 Å². The third-order valence-electron chi connectivity index (χ3n) is 0.737. The molecule has 0 aliphatic heterocycles. The molecular weight excluding hydrogens is 144 g/mol. The van der Waals surface area contributed by atoms with Crippen LogP contribution < -0.4 is 0 Å². The molecule has 3 heteroatoms. The van der Waals surface area contributed by atoms with Crippen LogP contribution in [0.1, 0.15) is 13.8 Å². The summed E-state index contributed by atoms with van der Waals surface area (Å²) in [5.41, 5.74) is 0. The molecule has 0 heterocycles. The van der Waals surface area contributed by atoms with Crippen LogP contribution in [0.5, 0.6) is 0 Å². The van der Waals surface area contributed by atoms with Gasteiger partial charge in [0.2, 0.25) is 0 Å². The number of carbonyl (C=O) groups excluding carboxylic acids is 1. The maximum absolute atomic E-state index is 10.1. The molecule has 0 fully saturated rings. The summed E-state index contributed by atoms with van der Waals surface area (Å²) in [5, 5.41) is 0. The van der Waals surface area contributed by atoms with E-state index < -0.39 is 0 Å².